The lowest BCUT2D eigenvalue weighted by Crippen LogP contribution is -2.27. The van der Waals surface area contributed by atoms with Crippen molar-refractivity contribution in [1.82, 2.24) is 20.1 Å². The molecule has 2 aliphatic rings. The highest BCUT2D eigenvalue weighted by Gasteiger charge is 2.30. The monoisotopic (exact) mass is 431 g/mol. The number of nitrogens with zero attached hydrogens (tertiary/aromatic N) is 3. The van der Waals surface area contributed by atoms with Crippen molar-refractivity contribution in [2.75, 3.05) is 25.5 Å². The van der Waals surface area contributed by atoms with E-state index in [0.29, 0.717) is 43.8 Å². The van der Waals surface area contributed by atoms with Crippen LogP contribution in [-0.2, 0) is 22.6 Å². The molecule has 2 amide bonds. The van der Waals surface area contributed by atoms with Gasteiger partial charge < -0.3 is 25.1 Å². The molecule has 2 aromatic rings. The molecule has 1 aliphatic carbocycles. The summed E-state index contributed by atoms with van der Waals surface area (Å²) >= 11 is 1.33. The van der Waals surface area contributed by atoms with Crippen molar-refractivity contribution >= 4 is 23.6 Å². The lowest BCUT2D eigenvalue weighted by molar-refractivity contribution is -0.119. The van der Waals surface area contributed by atoms with Crippen LogP contribution >= 0.6 is 11.8 Å². The number of carbonyl (C=O) groups excluding carboxylic acids is 2. The number of primary amides is 1. The number of nitrogens with two attached hydrogens (primary N) is 1. The van der Waals surface area contributed by atoms with Crippen LogP contribution in [0.1, 0.15) is 36.6 Å². The summed E-state index contributed by atoms with van der Waals surface area (Å²) in [5.74, 6) is 2.60. The summed E-state index contributed by atoms with van der Waals surface area (Å²) in [6.45, 7) is 2.10. The SMILES string of the molecule is NC(=O)CCn1c(SCC(=O)NCCc2ccc3c(c2)OCCO3)nnc1C1CC1. The minimum Gasteiger partial charge on any atom is -0.486 e. The molecule has 10 heteroatoms. The van der Waals surface area contributed by atoms with Gasteiger partial charge in [-0.25, -0.2) is 0 Å². The molecule has 0 spiro atoms. The molecule has 3 N–H and O–H groups in total. The molecule has 1 aliphatic heterocycles. The quantitative estimate of drug-likeness (QED) is 0.543. The minimum absolute atomic E-state index is 0.0741. The smallest absolute Gasteiger partial charge is 0.230 e. The third-order valence-corrected chi connectivity index (χ3v) is 5.91. The van der Waals surface area contributed by atoms with Gasteiger partial charge in [0.2, 0.25) is 11.8 Å². The van der Waals surface area contributed by atoms with Crippen LogP contribution in [0.25, 0.3) is 0 Å². The summed E-state index contributed by atoms with van der Waals surface area (Å²) in [5, 5.41) is 12.1. The van der Waals surface area contributed by atoms with Crippen molar-refractivity contribution in [3.8, 4) is 11.5 Å². The number of hydrogen-bond acceptors (Lipinski definition) is 7. The normalized spacial score (nSPS) is 15.1. The van der Waals surface area contributed by atoms with Crippen LogP contribution in [0.15, 0.2) is 23.4 Å². The van der Waals surface area contributed by atoms with Crippen molar-refractivity contribution in [2.45, 2.75) is 43.3 Å². The maximum Gasteiger partial charge on any atom is 0.230 e. The van der Waals surface area contributed by atoms with Crippen LogP contribution in [-0.4, -0.2) is 52.1 Å². The zero-order valence-electron chi connectivity index (χ0n) is 16.6. The molecule has 1 fully saturated rings. The van der Waals surface area contributed by atoms with Crippen molar-refractivity contribution in [1.29, 1.82) is 0 Å². The Balaban J connectivity index is 1.25. The lowest BCUT2D eigenvalue weighted by Gasteiger charge is -2.18. The molecule has 0 atom stereocenters. The van der Waals surface area contributed by atoms with Crippen molar-refractivity contribution in [2.24, 2.45) is 5.73 Å². The van der Waals surface area contributed by atoms with Crippen molar-refractivity contribution in [3.05, 3.63) is 29.6 Å². The molecule has 2 heterocycles. The zero-order chi connectivity index (χ0) is 20.9. The molecule has 0 unspecified atom stereocenters. The number of thioether (sulfide) groups is 1. The Morgan fingerprint density at radius 3 is 2.77 bits per heavy atom. The number of hydrogen-bond donors (Lipinski definition) is 2. The second kappa shape index (κ2) is 9.38. The molecule has 0 saturated heterocycles. The predicted molar refractivity (Wildman–Crippen MR) is 111 cm³/mol. The van der Waals surface area contributed by atoms with Gasteiger partial charge in [0.1, 0.15) is 19.0 Å². The minimum atomic E-state index is -0.363. The van der Waals surface area contributed by atoms with Gasteiger partial charge in [-0.2, -0.15) is 0 Å². The van der Waals surface area contributed by atoms with Crippen LogP contribution in [0.4, 0.5) is 0 Å². The maximum atomic E-state index is 12.3. The largest absolute Gasteiger partial charge is 0.486 e. The molecule has 160 valence electrons. The molecule has 4 rings (SSSR count). The fraction of sp³-hybridized carbons (Fsp3) is 0.500. The van der Waals surface area contributed by atoms with Gasteiger partial charge in [-0.05, 0) is 37.0 Å². The molecule has 1 aromatic heterocycles. The maximum absolute atomic E-state index is 12.3. The summed E-state index contributed by atoms with van der Waals surface area (Å²) in [6.07, 6.45) is 3.10. The van der Waals surface area contributed by atoms with Crippen LogP contribution < -0.4 is 20.5 Å². The molecule has 0 bridgehead atoms. The van der Waals surface area contributed by atoms with Gasteiger partial charge in [0.05, 0.1) is 5.75 Å². The summed E-state index contributed by atoms with van der Waals surface area (Å²) in [5.41, 5.74) is 6.36. The second-order valence-corrected chi connectivity index (χ2v) is 8.29. The molecule has 0 radical (unpaired) electrons. The van der Waals surface area contributed by atoms with Crippen molar-refractivity contribution < 1.29 is 19.1 Å². The number of nitrogens with one attached hydrogen (secondary N) is 1. The molecular formula is C20H25N5O4S. The number of fused-ring (bicyclic) bond motifs is 1. The third kappa shape index (κ3) is 5.24. The highest BCUT2D eigenvalue weighted by molar-refractivity contribution is 7.99. The summed E-state index contributed by atoms with van der Waals surface area (Å²) < 4.78 is 13.0. The van der Waals surface area contributed by atoms with E-state index in [0.717, 1.165) is 35.7 Å². The van der Waals surface area contributed by atoms with E-state index in [1.54, 1.807) is 0 Å². The van der Waals surface area contributed by atoms with Crippen molar-refractivity contribution in [3.63, 3.8) is 0 Å². The Kier molecular flexibility index (Phi) is 6.41. The first-order chi connectivity index (χ1) is 14.6. The first-order valence-corrected chi connectivity index (χ1v) is 11.1. The number of aromatic nitrogens is 3. The Bertz CT molecular complexity index is 928. The first kappa shape index (κ1) is 20.5. The van der Waals surface area contributed by atoms with Gasteiger partial charge in [0, 0.05) is 25.4 Å². The Morgan fingerprint density at radius 2 is 2.00 bits per heavy atom. The number of ether oxygens (including phenoxy) is 2. The van der Waals surface area contributed by atoms with Gasteiger partial charge in [0.15, 0.2) is 16.7 Å². The molecule has 1 saturated carbocycles. The van der Waals surface area contributed by atoms with E-state index in [1.807, 2.05) is 22.8 Å². The molecule has 9 nitrogen and oxygen atoms in total. The summed E-state index contributed by atoms with van der Waals surface area (Å²) in [7, 11) is 0. The number of amides is 2. The van der Waals surface area contributed by atoms with Gasteiger partial charge >= 0.3 is 0 Å². The predicted octanol–water partition coefficient (Wildman–Crippen LogP) is 1.25. The topological polar surface area (TPSA) is 121 Å². The van der Waals surface area contributed by atoms with E-state index in [-0.39, 0.29) is 24.0 Å². The van der Waals surface area contributed by atoms with E-state index >= 15 is 0 Å². The average molecular weight is 432 g/mol. The van der Waals surface area contributed by atoms with Gasteiger partial charge in [0.25, 0.3) is 0 Å². The van der Waals surface area contributed by atoms with Gasteiger partial charge in [-0.1, -0.05) is 17.8 Å². The highest BCUT2D eigenvalue weighted by Crippen LogP contribution is 2.40. The van der Waals surface area contributed by atoms with Crippen LogP contribution in [0.2, 0.25) is 0 Å². The fourth-order valence-corrected chi connectivity index (χ4v) is 4.05. The highest BCUT2D eigenvalue weighted by atomic mass is 32.2. The zero-order valence-corrected chi connectivity index (χ0v) is 17.5. The summed E-state index contributed by atoms with van der Waals surface area (Å²) in [6, 6.07) is 5.84. The van der Waals surface area contributed by atoms with E-state index in [4.69, 9.17) is 15.2 Å². The number of carbonyl (C=O) groups is 2. The van der Waals surface area contributed by atoms with Crippen LogP contribution in [0.3, 0.4) is 0 Å². The van der Waals surface area contributed by atoms with Gasteiger partial charge in [-0.3, -0.25) is 9.59 Å². The molecule has 30 heavy (non-hydrogen) atoms. The standard InChI is InChI=1S/C20H25N5O4S/c21-17(26)6-8-25-19(14-2-3-14)23-24-20(25)30-12-18(27)22-7-5-13-1-4-15-16(11-13)29-10-9-28-15/h1,4,11,14H,2-3,5-10,12H2,(H2,21,26)(H,22,27). The average Bonchev–Trinajstić information content (AvgIpc) is 3.51. The Hall–Kier alpha value is -2.75. The molecular weight excluding hydrogens is 406 g/mol. The van der Waals surface area contributed by atoms with E-state index in [2.05, 4.69) is 15.5 Å². The number of benzene rings is 1. The Morgan fingerprint density at radius 1 is 1.20 bits per heavy atom. The fourth-order valence-electron chi connectivity index (χ4n) is 3.25. The molecule has 1 aromatic carbocycles. The number of rotatable bonds is 10. The van der Waals surface area contributed by atoms with E-state index in [9.17, 15) is 9.59 Å². The van der Waals surface area contributed by atoms with Gasteiger partial charge in [-0.15, -0.1) is 10.2 Å². The lowest BCUT2D eigenvalue weighted by atomic mass is 10.1. The van der Waals surface area contributed by atoms with E-state index in [1.165, 1.54) is 11.8 Å². The van der Waals surface area contributed by atoms with E-state index < -0.39 is 0 Å². The Labute approximate surface area is 178 Å². The van der Waals surface area contributed by atoms with Crippen LogP contribution in [0, 0.1) is 0 Å². The first-order valence-electron chi connectivity index (χ1n) is 10.1. The van der Waals surface area contributed by atoms with Crippen LogP contribution in [0.5, 0.6) is 11.5 Å². The summed E-state index contributed by atoms with van der Waals surface area (Å²) in [4.78, 5) is 23.4. The third-order valence-electron chi connectivity index (χ3n) is 4.94. The second-order valence-electron chi connectivity index (χ2n) is 7.35.